The second-order valence-corrected chi connectivity index (χ2v) is 6.61. The molecule has 0 atom stereocenters. The van der Waals surface area contributed by atoms with Crippen molar-refractivity contribution in [3.05, 3.63) is 56.0 Å². The van der Waals surface area contributed by atoms with Gasteiger partial charge in [0.25, 0.3) is 0 Å². The summed E-state index contributed by atoms with van der Waals surface area (Å²) in [5.74, 6) is 1.08. The topological polar surface area (TPSA) is 25.8 Å². The van der Waals surface area contributed by atoms with E-state index in [4.69, 9.17) is 11.6 Å². The average Bonchev–Trinajstić information content (AvgIpc) is 2.31. The minimum atomic E-state index is 0.308. The Morgan fingerprint density at radius 3 is 2.25 bits per heavy atom. The Bertz CT molecular complexity index is 618. The molecule has 0 aliphatic rings. The highest BCUT2D eigenvalue weighted by atomic mass is 79.9. The molecule has 0 aliphatic carbocycles. The van der Waals surface area contributed by atoms with Crippen LogP contribution in [0.3, 0.4) is 0 Å². The summed E-state index contributed by atoms with van der Waals surface area (Å²) in [5.41, 5.74) is 4.69. The maximum atomic E-state index is 6.19. The quantitative estimate of drug-likeness (QED) is 0.707. The summed E-state index contributed by atoms with van der Waals surface area (Å²) in [5, 5.41) is 0.489. The summed E-state index contributed by atoms with van der Waals surface area (Å²) >= 11 is 9.66. The Morgan fingerprint density at radius 2 is 1.70 bits per heavy atom. The van der Waals surface area contributed by atoms with Gasteiger partial charge in [0.05, 0.1) is 10.2 Å². The lowest BCUT2D eigenvalue weighted by atomic mass is 10.0. The van der Waals surface area contributed by atoms with Crippen LogP contribution < -0.4 is 0 Å². The number of halogens is 2. The Hall–Kier alpha value is -0.930. The molecule has 2 nitrogen and oxygen atoms in total. The molecule has 1 aromatic carbocycles. The molecule has 1 heterocycles. The van der Waals surface area contributed by atoms with Gasteiger partial charge in [0, 0.05) is 6.42 Å². The van der Waals surface area contributed by atoms with Gasteiger partial charge in [-0.25, -0.2) is 9.97 Å². The lowest BCUT2D eigenvalue weighted by molar-refractivity contribution is 0.783. The minimum absolute atomic E-state index is 0.308. The lowest BCUT2D eigenvalue weighted by Crippen LogP contribution is -2.04. The first-order valence-corrected chi connectivity index (χ1v) is 7.83. The molecule has 1 aromatic heterocycles. The van der Waals surface area contributed by atoms with E-state index >= 15 is 0 Å². The molecule has 0 amide bonds. The monoisotopic (exact) mass is 352 g/mol. The SMILES string of the molecule is Cc1cc(C)cc(Cc2nc(Cl)c(Br)c(C(C)C)n2)c1. The number of benzene rings is 1. The number of hydrogen-bond acceptors (Lipinski definition) is 2. The Labute approximate surface area is 133 Å². The van der Waals surface area contributed by atoms with Gasteiger partial charge in [-0.3, -0.25) is 0 Å². The molecule has 0 fully saturated rings. The molecule has 106 valence electrons. The molecular weight excluding hydrogens is 336 g/mol. The molecule has 2 aromatic rings. The molecule has 0 spiro atoms. The van der Waals surface area contributed by atoms with Crippen LogP contribution in [0, 0.1) is 13.8 Å². The molecule has 0 aliphatic heterocycles. The lowest BCUT2D eigenvalue weighted by Gasteiger charge is -2.11. The van der Waals surface area contributed by atoms with Crippen LogP contribution in [0.4, 0.5) is 0 Å². The third kappa shape index (κ3) is 3.58. The second kappa shape index (κ2) is 6.23. The van der Waals surface area contributed by atoms with Crippen molar-refractivity contribution in [1.29, 1.82) is 0 Å². The van der Waals surface area contributed by atoms with Crippen LogP contribution in [-0.2, 0) is 6.42 Å². The zero-order chi connectivity index (χ0) is 14.9. The molecule has 0 radical (unpaired) electrons. The van der Waals surface area contributed by atoms with Crippen molar-refractivity contribution >= 4 is 27.5 Å². The van der Waals surface area contributed by atoms with Crippen LogP contribution in [0.15, 0.2) is 22.7 Å². The minimum Gasteiger partial charge on any atom is -0.236 e. The second-order valence-electron chi connectivity index (χ2n) is 5.46. The van der Waals surface area contributed by atoms with Crippen molar-refractivity contribution in [1.82, 2.24) is 9.97 Å². The van der Waals surface area contributed by atoms with Gasteiger partial charge in [-0.2, -0.15) is 0 Å². The van der Waals surface area contributed by atoms with Crippen molar-refractivity contribution in [2.45, 2.75) is 40.0 Å². The smallest absolute Gasteiger partial charge is 0.147 e. The highest BCUT2D eigenvalue weighted by molar-refractivity contribution is 9.10. The van der Waals surface area contributed by atoms with Gasteiger partial charge < -0.3 is 0 Å². The van der Waals surface area contributed by atoms with E-state index in [1.807, 2.05) is 0 Å². The first-order chi connectivity index (χ1) is 9.36. The summed E-state index contributed by atoms with van der Waals surface area (Å²) in [6.45, 7) is 8.41. The third-order valence-corrected chi connectivity index (χ3v) is 4.36. The number of hydrogen-bond donors (Lipinski definition) is 0. The summed E-state index contributed by atoms with van der Waals surface area (Å²) in [6.07, 6.45) is 0.704. The van der Waals surface area contributed by atoms with Gasteiger partial charge in [-0.05, 0) is 41.3 Å². The molecule has 0 saturated carbocycles. The molecule has 4 heteroatoms. The molecule has 0 unspecified atom stereocenters. The van der Waals surface area contributed by atoms with E-state index in [9.17, 15) is 0 Å². The molecular formula is C16H18BrClN2. The van der Waals surface area contributed by atoms with Gasteiger partial charge in [-0.1, -0.05) is 54.8 Å². The van der Waals surface area contributed by atoms with Crippen molar-refractivity contribution in [2.24, 2.45) is 0 Å². The van der Waals surface area contributed by atoms with Gasteiger partial charge in [-0.15, -0.1) is 0 Å². The Balaban J connectivity index is 2.38. The highest BCUT2D eigenvalue weighted by Crippen LogP contribution is 2.29. The van der Waals surface area contributed by atoms with E-state index in [-0.39, 0.29) is 0 Å². The van der Waals surface area contributed by atoms with Crippen LogP contribution in [0.2, 0.25) is 5.15 Å². The van der Waals surface area contributed by atoms with E-state index in [0.29, 0.717) is 17.5 Å². The summed E-state index contributed by atoms with van der Waals surface area (Å²) in [4.78, 5) is 9.02. The maximum Gasteiger partial charge on any atom is 0.147 e. The van der Waals surface area contributed by atoms with Crippen LogP contribution in [0.5, 0.6) is 0 Å². The molecule has 0 N–H and O–H groups in total. The predicted molar refractivity (Wildman–Crippen MR) is 87.6 cm³/mol. The number of aryl methyl sites for hydroxylation is 2. The highest BCUT2D eigenvalue weighted by Gasteiger charge is 2.14. The molecule has 2 rings (SSSR count). The summed E-state index contributed by atoms with van der Waals surface area (Å²) < 4.78 is 0.804. The van der Waals surface area contributed by atoms with Crippen molar-refractivity contribution in [2.75, 3.05) is 0 Å². The van der Waals surface area contributed by atoms with Gasteiger partial charge in [0.1, 0.15) is 11.0 Å². The van der Waals surface area contributed by atoms with E-state index in [0.717, 1.165) is 16.0 Å². The van der Waals surface area contributed by atoms with Crippen molar-refractivity contribution in [3.8, 4) is 0 Å². The third-order valence-electron chi connectivity index (χ3n) is 3.07. The molecule has 20 heavy (non-hydrogen) atoms. The fourth-order valence-corrected chi connectivity index (χ4v) is 3.13. The summed E-state index contributed by atoms with van der Waals surface area (Å²) in [7, 11) is 0. The first-order valence-electron chi connectivity index (χ1n) is 6.65. The van der Waals surface area contributed by atoms with Gasteiger partial charge >= 0.3 is 0 Å². The van der Waals surface area contributed by atoms with E-state index in [1.54, 1.807) is 0 Å². The van der Waals surface area contributed by atoms with Gasteiger partial charge in [0.2, 0.25) is 0 Å². The number of aromatic nitrogens is 2. The van der Waals surface area contributed by atoms with E-state index in [1.165, 1.54) is 16.7 Å². The number of rotatable bonds is 3. The van der Waals surface area contributed by atoms with Crippen LogP contribution in [-0.4, -0.2) is 9.97 Å². The normalized spacial score (nSPS) is 11.2. The summed E-state index contributed by atoms with van der Waals surface area (Å²) in [6, 6.07) is 6.50. The Morgan fingerprint density at radius 1 is 1.10 bits per heavy atom. The predicted octanol–water partition coefficient (Wildman–Crippen LogP) is 5.22. The van der Waals surface area contributed by atoms with Crippen LogP contribution >= 0.6 is 27.5 Å². The average molecular weight is 354 g/mol. The van der Waals surface area contributed by atoms with Crippen molar-refractivity contribution < 1.29 is 0 Å². The van der Waals surface area contributed by atoms with E-state index in [2.05, 4.69) is 71.8 Å². The molecule has 0 bridgehead atoms. The fraction of sp³-hybridized carbons (Fsp3) is 0.375. The van der Waals surface area contributed by atoms with Crippen LogP contribution in [0.25, 0.3) is 0 Å². The largest absolute Gasteiger partial charge is 0.236 e. The number of nitrogens with zero attached hydrogens (tertiary/aromatic N) is 2. The molecule has 0 saturated heterocycles. The fourth-order valence-electron chi connectivity index (χ4n) is 2.30. The maximum absolute atomic E-state index is 6.19. The van der Waals surface area contributed by atoms with Gasteiger partial charge in [0.15, 0.2) is 0 Å². The zero-order valence-corrected chi connectivity index (χ0v) is 14.5. The van der Waals surface area contributed by atoms with E-state index < -0.39 is 0 Å². The zero-order valence-electron chi connectivity index (χ0n) is 12.2. The first kappa shape index (κ1) is 15.5. The standard InChI is InChI=1S/C16H18BrClN2/c1-9(2)15-14(17)16(18)20-13(19-15)8-12-6-10(3)5-11(4)7-12/h5-7,9H,8H2,1-4H3. The Kier molecular flexibility index (Phi) is 4.82. The van der Waals surface area contributed by atoms with Crippen LogP contribution in [0.1, 0.15) is 48.0 Å². The van der Waals surface area contributed by atoms with Crippen molar-refractivity contribution in [3.63, 3.8) is 0 Å².